The summed E-state index contributed by atoms with van der Waals surface area (Å²) in [5.74, 6) is 0.0850. The Morgan fingerprint density at radius 2 is 1.47 bits per heavy atom. The maximum absolute atomic E-state index is 13.8. The van der Waals surface area contributed by atoms with Gasteiger partial charge in [-0.25, -0.2) is 4.68 Å². The van der Waals surface area contributed by atoms with Crippen molar-refractivity contribution in [2.75, 3.05) is 0 Å². The van der Waals surface area contributed by atoms with Crippen LogP contribution < -0.4 is 0 Å². The normalized spacial score (nSPS) is 11.6. The SMILES string of the molecule is CCc1c(-c2ccccc2)nn(-c2ccccc2C(F)(F)F)c1-c1ccc(O)cc1. The van der Waals surface area contributed by atoms with E-state index >= 15 is 0 Å². The molecular weight excluding hydrogens is 389 g/mol. The minimum Gasteiger partial charge on any atom is -0.508 e. The van der Waals surface area contributed by atoms with Gasteiger partial charge in [-0.2, -0.15) is 18.3 Å². The summed E-state index contributed by atoms with van der Waals surface area (Å²) in [6.07, 6.45) is -3.94. The molecule has 30 heavy (non-hydrogen) atoms. The van der Waals surface area contributed by atoms with Crippen molar-refractivity contribution in [1.82, 2.24) is 9.78 Å². The van der Waals surface area contributed by atoms with Crippen LogP contribution in [0.4, 0.5) is 13.2 Å². The van der Waals surface area contributed by atoms with Gasteiger partial charge in [0.2, 0.25) is 0 Å². The number of para-hydroxylation sites is 1. The van der Waals surface area contributed by atoms with Crippen LogP contribution in [0.25, 0.3) is 28.2 Å². The fraction of sp³-hybridized carbons (Fsp3) is 0.125. The van der Waals surface area contributed by atoms with Crippen LogP contribution in [0.1, 0.15) is 18.1 Å². The fourth-order valence-electron chi connectivity index (χ4n) is 3.60. The average Bonchev–Trinajstić information content (AvgIpc) is 3.14. The average molecular weight is 408 g/mol. The van der Waals surface area contributed by atoms with Gasteiger partial charge in [0.25, 0.3) is 0 Å². The topological polar surface area (TPSA) is 38.0 Å². The minimum absolute atomic E-state index is 0.0371. The molecule has 0 aliphatic carbocycles. The van der Waals surface area contributed by atoms with Gasteiger partial charge in [0.1, 0.15) is 5.75 Å². The van der Waals surface area contributed by atoms with E-state index in [1.165, 1.54) is 28.9 Å². The van der Waals surface area contributed by atoms with Gasteiger partial charge in [-0.3, -0.25) is 0 Å². The molecule has 0 unspecified atom stereocenters. The van der Waals surface area contributed by atoms with Crippen molar-refractivity contribution in [1.29, 1.82) is 0 Å². The molecule has 0 fully saturated rings. The number of aromatic nitrogens is 2. The number of hydrogen-bond donors (Lipinski definition) is 1. The molecule has 152 valence electrons. The first-order chi connectivity index (χ1) is 14.4. The second-order valence-corrected chi connectivity index (χ2v) is 6.87. The van der Waals surface area contributed by atoms with Gasteiger partial charge in [-0.05, 0) is 42.8 Å². The van der Waals surface area contributed by atoms with Gasteiger partial charge in [0.15, 0.2) is 0 Å². The highest BCUT2D eigenvalue weighted by Crippen LogP contribution is 2.39. The lowest BCUT2D eigenvalue weighted by Crippen LogP contribution is -2.12. The third-order valence-electron chi connectivity index (χ3n) is 4.96. The van der Waals surface area contributed by atoms with E-state index < -0.39 is 11.7 Å². The Morgan fingerprint density at radius 3 is 2.10 bits per heavy atom. The highest BCUT2D eigenvalue weighted by molar-refractivity contribution is 5.76. The van der Waals surface area contributed by atoms with Gasteiger partial charge < -0.3 is 5.11 Å². The van der Waals surface area contributed by atoms with Crippen LogP contribution >= 0.6 is 0 Å². The van der Waals surface area contributed by atoms with Crippen LogP contribution in [-0.4, -0.2) is 14.9 Å². The van der Waals surface area contributed by atoms with E-state index in [1.54, 1.807) is 18.2 Å². The molecule has 0 radical (unpaired) electrons. The van der Waals surface area contributed by atoms with Gasteiger partial charge in [-0.1, -0.05) is 49.4 Å². The van der Waals surface area contributed by atoms with Crippen LogP contribution in [-0.2, 0) is 12.6 Å². The van der Waals surface area contributed by atoms with Gasteiger partial charge in [0, 0.05) is 16.7 Å². The van der Waals surface area contributed by atoms with E-state index in [4.69, 9.17) is 0 Å². The minimum atomic E-state index is -4.52. The summed E-state index contributed by atoms with van der Waals surface area (Å²) in [6, 6.07) is 21.2. The zero-order valence-electron chi connectivity index (χ0n) is 16.2. The van der Waals surface area contributed by atoms with Crippen LogP contribution in [0.2, 0.25) is 0 Å². The largest absolute Gasteiger partial charge is 0.508 e. The Kier molecular flexibility index (Phi) is 5.08. The van der Waals surface area contributed by atoms with E-state index in [0.29, 0.717) is 23.4 Å². The summed E-state index contributed by atoms with van der Waals surface area (Å²) in [4.78, 5) is 0. The monoisotopic (exact) mass is 408 g/mol. The lowest BCUT2D eigenvalue weighted by molar-refractivity contribution is -0.137. The van der Waals surface area contributed by atoms with Crippen LogP contribution in [0, 0.1) is 0 Å². The van der Waals surface area contributed by atoms with Gasteiger partial charge in [-0.15, -0.1) is 0 Å². The summed E-state index contributed by atoms with van der Waals surface area (Å²) in [7, 11) is 0. The smallest absolute Gasteiger partial charge is 0.418 e. The van der Waals surface area contributed by atoms with Crippen molar-refractivity contribution in [3.63, 3.8) is 0 Å². The Hall–Kier alpha value is -3.54. The molecule has 1 N–H and O–H groups in total. The Morgan fingerprint density at radius 1 is 0.833 bits per heavy atom. The molecule has 0 bridgehead atoms. The zero-order valence-corrected chi connectivity index (χ0v) is 16.2. The molecule has 0 amide bonds. The molecular formula is C24H19F3N2O. The molecule has 0 spiro atoms. The summed E-state index contributed by atoms with van der Waals surface area (Å²) < 4.78 is 42.6. The Balaban J connectivity index is 2.06. The first-order valence-electron chi connectivity index (χ1n) is 9.53. The molecule has 0 aliphatic rings. The lowest BCUT2D eigenvalue weighted by Gasteiger charge is -2.15. The quantitative estimate of drug-likeness (QED) is 0.419. The first-order valence-corrected chi connectivity index (χ1v) is 9.53. The second-order valence-electron chi connectivity index (χ2n) is 6.87. The van der Waals surface area contributed by atoms with Crippen molar-refractivity contribution in [2.24, 2.45) is 0 Å². The molecule has 3 aromatic carbocycles. The predicted octanol–water partition coefficient (Wildman–Crippen LogP) is 6.49. The maximum atomic E-state index is 13.8. The molecule has 0 aliphatic heterocycles. The third-order valence-corrected chi connectivity index (χ3v) is 4.96. The number of benzene rings is 3. The van der Waals surface area contributed by atoms with Crippen LogP contribution in [0.3, 0.4) is 0 Å². The number of hydrogen-bond acceptors (Lipinski definition) is 2. The number of phenolic OH excluding ortho intramolecular Hbond substituents is 1. The molecule has 0 saturated carbocycles. The van der Waals surface area contributed by atoms with Crippen molar-refractivity contribution < 1.29 is 18.3 Å². The fourth-order valence-corrected chi connectivity index (χ4v) is 3.60. The van der Waals surface area contributed by atoms with Gasteiger partial charge in [0.05, 0.1) is 22.6 Å². The molecule has 3 nitrogen and oxygen atoms in total. The third kappa shape index (κ3) is 3.56. The highest BCUT2D eigenvalue weighted by Gasteiger charge is 2.35. The van der Waals surface area contributed by atoms with E-state index in [2.05, 4.69) is 5.10 Å². The predicted molar refractivity (Wildman–Crippen MR) is 110 cm³/mol. The first kappa shape index (κ1) is 19.8. The Bertz CT molecular complexity index is 1160. The number of alkyl halides is 3. The van der Waals surface area contributed by atoms with Crippen molar-refractivity contribution >= 4 is 0 Å². The van der Waals surface area contributed by atoms with Crippen molar-refractivity contribution in [3.8, 4) is 34.0 Å². The number of nitrogens with zero attached hydrogens (tertiary/aromatic N) is 2. The van der Waals surface area contributed by atoms with E-state index in [0.717, 1.165) is 17.2 Å². The number of phenols is 1. The Labute approximate surface area is 172 Å². The van der Waals surface area contributed by atoms with Gasteiger partial charge >= 0.3 is 6.18 Å². The molecule has 1 aromatic heterocycles. The highest BCUT2D eigenvalue weighted by atomic mass is 19.4. The number of aromatic hydroxyl groups is 1. The summed E-state index contributed by atoms with van der Waals surface area (Å²) >= 11 is 0. The maximum Gasteiger partial charge on any atom is 0.418 e. The molecule has 4 aromatic rings. The molecule has 0 saturated heterocycles. The van der Waals surface area contributed by atoms with Crippen LogP contribution in [0.15, 0.2) is 78.9 Å². The standard InChI is InChI=1S/C24H19F3N2O/c1-2-19-22(16-8-4-3-5-9-16)28-29(23(19)17-12-14-18(30)15-13-17)21-11-7-6-10-20(21)24(25,26)27/h3-15,30H,2H2,1H3. The van der Waals surface area contributed by atoms with Crippen molar-refractivity contribution in [3.05, 3.63) is 90.0 Å². The molecule has 1 heterocycles. The molecule has 6 heteroatoms. The number of halogens is 3. The van der Waals surface area contributed by atoms with E-state index in [-0.39, 0.29) is 11.4 Å². The summed E-state index contributed by atoms with van der Waals surface area (Å²) in [6.45, 7) is 1.95. The van der Waals surface area contributed by atoms with E-state index in [9.17, 15) is 18.3 Å². The second kappa shape index (κ2) is 7.71. The van der Waals surface area contributed by atoms with Crippen LogP contribution in [0.5, 0.6) is 5.75 Å². The lowest BCUT2D eigenvalue weighted by atomic mass is 9.99. The van der Waals surface area contributed by atoms with E-state index in [1.807, 2.05) is 37.3 Å². The summed E-state index contributed by atoms with van der Waals surface area (Å²) in [5.41, 5.74) is 2.77. The summed E-state index contributed by atoms with van der Waals surface area (Å²) in [5, 5.41) is 14.3. The zero-order chi connectivity index (χ0) is 21.3. The van der Waals surface area contributed by atoms with Crippen molar-refractivity contribution in [2.45, 2.75) is 19.5 Å². The molecule has 0 atom stereocenters. The number of rotatable bonds is 4. The molecule has 4 rings (SSSR count).